The third kappa shape index (κ3) is 31.4. The second-order valence-electron chi connectivity index (χ2n) is 46.4. The predicted molar refractivity (Wildman–Crippen MR) is 554 cm³/mol. The molecule has 5 spiro atoms. The molecule has 133 heavy (non-hydrogen) atoms. The zero-order chi connectivity index (χ0) is 94.1. The van der Waals surface area contributed by atoms with Gasteiger partial charge in [0.25, 0.3) is 0 Å². The summed E-state index contributed by atoms with van der Waals surface area (Å²) < 4.78 is 4.18. The number of rotatable bonds is 36. The van der Waals surface area contributed by atoms with Gasteiger partial charge in [0.05, 0.1) is 36.7 Å². The molecule has 0 amide bonds. The van der Waals surface area contributed by atoms with Crippen LogP contribution in [0.4, 0.5) is 0 Å². The van der Waals surface area contributed by atoms with Crippen molar-refractivity contribution in [1.82, 2.24) is 111 Å². The molecule has 0 radical (unpaired) electrons. The first-order valence-corrected chi connectivity index (χ1v) is 55.4. The second-order valence-corrected chi connectivity index (χ2v) is 46.4. The molecule has 0 aromatic carbocycles. The highest BCUT2D eigenvalue weighted by molar-refractivity contribution is 5.27. The summed E-state index contributed by atoms with van der Waals surface area (Å²) in [5, 5.41) is 53.0. The minimum Gasteiger partial charge on any atom is -0.318 e. The summed E-state index contributed by atoms with van der Waals surface area (Å²) in [6.07, 6.45) is 80.8. The minimum absolute atomic E-state index is 0.690. The highest BCUT2D eigenvalue weighted by atomic mass is 15.3. The fourth-order valence-corrected chi connectivity index (χ4v) is 27.5. The monoisotopic (exact) mass is 1840 g/mol. The first kappa shape index (κ1) is 107. The van der Waals surface area contributed by atoms with E-state index in [4.69, 9.17) is 5.10 Å². The maximum atomic E-state index is 4.86. The van der Waals surface area contributed by atoms with Crippen molar-refractivity contribution in [2.45, 2.75) is 411 Å². The van der Waals surface area contributed by atoms with Gasteiger partial charge in [0.2, 0.25) is 0 Å². The lowest BCUT2D eigenvalue weighted by molar-refractivity contribution is 0.113. The van der Waals surface area contributed by atoms with Crippen LogP contribution in [0.5, 0.6) is 0 Å². The molecule has 0 unspecified atom stereocenters. The molecule has 22 nitrogen and oxygen atoms in total. The Bertz CT molecular complexity index is 4070. The quantitative estimate of drug-likeness (QED) is 0.0183. The summed E-state index contributed by atoms with van der Waals surface area (Å²) in [5.41, 5.74) is 20.8. The van der Waals surface area contributed by atoms with Gasteiger partial charge in [0, 0.05) is 209 Å². The van der Waals surface area contributed by atoms with E-state index in [-0.39, 0.29) is 0 Å². The Morgan fingerprint density at radius 2 is 0.617 bits per heavy atom. The third-order valence-electron chi connectivity index (χ3n) is 36.0. The van der Waals surface area contributed by atoms with Gasteiger partial charge in [-0.2, -0.15) is 30.6 Å². The average Bonchev–Trinajstić information content (AvgIpc) is 1.68. The lowest BCUT2D eigenvalue weighted by Gasteiger charge is -2.43. The highest BCUT2D eigenvalue weighted by Gasteiger charge is 2.44. The molecule has 22 heteroatoms. The van der Waals surface area contributed by atoms with Gasteiger partial charge < -0.3 is 50.7 Å². The number of unbranched alkanes of at least 4 members (excludes halogenated alkanes) is 1. The number of aryl methyl sites for hydroxylation is 2. The lowest BCUT2D eigenvalue weighted by atomic mass is 9.63. The lowest BCUT2D eigenvalue weighted by Crippen LogP contribution is -2.30. The topological polar surface area (TPSA) is 218 Å². The van der Waals surface area contributed by atoms with Crippen LogP contribution in [0, 0.1) is 38.9 Å². The van der Waals surface area contributed by atoms with Gasteiger partial charge in [-0.25, -0.2) is 0 Å². The number of likely N-dealkylation sites (N-methyl/N-ethyl adjacent to an activating group) is 8. The number of nitrogens with zero attached hydrogens (tertiary/aromatic N) is 14. The summed E-state index contributed by atoms with van der Waals surface area (Å²) >= 11 is 0. The Morgan fingerprint density at radius 1 is 0.331 bits per heavy atom. The van der Waals surface area contributed by atoms with Crippen molar-refractivity contribution in [2.75, 3.05) is 136 Å². The molecule has 11 saturated carbocycles. The number of hydrogen-bond acceptors (Lipinski definition) is 16. The zero-order valence-corrected chi connectivity index (χ0v) is 88.1. The number of hydrogen-bond donors (Lipinski definition) is 8. The van der Waals surface area contributed by atoms with Crippen molar-refractivity contribution in [1.29, 1.82) is 0 Å². The molecular formula is C111H198N22. The van der Waals surface area contributed by atoms with Gasteiger partial charge in [-0.15, -0.1) is 0 Å². The smallest absolute Gasteiger partial charge is 0.0700 e. The average molecular weight is 1840 g/mol. The van der Waals surface area contributed by atoms with E-state index in [9.17, 15) is 0 Å². The van der Waals surface area contributed by atoms with E-state index in [0.29, 0.717) is 23.2 Å². The molecule has 17 rings (SSSR count). The summed E-state index contributed by atoms with van der Waals surface area (Å²) in [7, 11) is 25.5. The second kappa shape index (κ2) is 54.0. The number of nitrogens with one attached hydrogen (secondary N) is 8. The number of aromatic amines is 4. The molecule has 6 heterocycles. The van der Waals surface area contributed by atoms with Gasteiger partial charge in [-0.1, -0.05) is 105 Å². The molecule has 752 valence electrons. The minimum atomic E-state index is 0.690. The molecule has 6 aromatic rings. The largest absolute Gasteiger partial charge is 0.318 e. The Morgan fingerprint density at radius 3 is 0.932 bits per heavy atom. The Labute approximate surface area is 810 Å². The molecule has 11 aliphatic carbocycles. The van der Waals surface area contributed by atoms with Gasteiger partial charge in [0.1, 0.15) is 0 Å². The van der Waals surface area contributed by atoms with Crippen LogP contribution >= 0.6 is 0 Å². The van der Waals surface area contributed by atoms with Crippen molar-refractivity contribution < 1.29 is 0 Å². The maximum Gasteiger partial charge on any atom is 0.0700 e. The van der Waals surface area contributed by atoms with Crippen LogP contribution < -0.4 is 21.3 Å². The SMILES string of the molecule is CCCCN(C)Cc1cn[nH]c1C1CCC2(CCCC2)CC1.CCCN(C)Cc1cn[nH]c1C1CCC2(CCCC2)CC1.CNCCN(C)Cc1cn(C)nc1C1CCC2(CCCC2)CC1.CNCCN(C)Cc1cn[nH]c1C1CCC(C(C)C)CC1.CNCCN(C)Cc1cn[nH]c1C1CCC2(CCCCC2)CC1.CNCCN(C)Cc1cnn(C)c1C1CCC2(CCCC2)CC1. The van der Waals surface area contributed by atoms with Crippen molar-refractivity contribution in [2.24, 2.45) is 53.0 Å². The summed E-state index contributed by atoms with van der Waals surface area (Å²) in [4.78, 5) is 14.4. The van der Waals surface area contributed by atoms with E-state index in [2.05, 4.69) is 216 Å². The van der Waals surface area contributed by atoms with E-state index in [1.54, 1.807) is 0 Å². The summed E-state index contributed by atoms with van der Waals surface area (Å²) in [5.74, 6) is 6.02. The Balaban J connectivity index is 0.000000144. The highest BCUT2D eigenvalue weighted by Crippen LogP contribution is 2.58. The van der Waals surface area contributed by atoms with Crippen LogP contribution in [0.15, 0.2) is 37.2 Å². The van der Waals surface area contributed by atoms with E-state index in [1.165, 1.54) is 389 Å². The standard InChI is InChI=1S/3C19H34N4.C19H33N3.C18H31N3.C17H32N4/c1-20-12-13-22(2)14-17-15-23(3)21-18(17)16-6-10-19(11-7-16)8-4-5-9-19;1-20-12-13-22(2)15-17-14-21-23(3)18(17)16-6-10-19(11-7-16)8-4-5-9-19;1-20-12-13-23(2)15-17-14-21-22-18(17)16-6-10-19(11-7-16)8-4-3-5-9-19;1-3-4-13-22(2)15-17-14-20-21-18(17)16-7-11-19(12-8-16)9-5-6-10-19;1-3-12-21(2)14-16-13-19-20-17(16)15-6-10-18(11-7-15)8-4-5-9-18;1-13(2)14-5-7-15(8-6-14)17-16(11-19-20-17)12-21(4)10-9-18-3/h15-16,20H,4-14H2,1-3H3;14,16,20H,4-13,15H2,1-3H3;14,16,20H,3-13,15H2,1-2H3,(H,21,22);14,16H,3-13,15H2,1-2H3,(H,20,21);13,15H,3-12,14H2,1-2H3,(H,19,20);11,13-15,18H,5-10,12H2,1-4H3,(H,19,20). The first-order chi connectivity index (χ1) is 64.5. The fraction of sp³-hybridized carbons (Fsp3) is 0.838. The predicted octanol–water partition coefficient (Wildman–Crippen LogP) is 22.6. The van der Waals surface area contributed by atoms with E-state index in [1.807, 2.05) is 39.1 Å². The van der Waals surface area contributed by atoms with E-state index >= 15 is 0 Å². The fourth-order valence-electron chi connectivity index (χ4n) is 27.5. The van der Waals surface area contributed by atoms with Crippen LogP contribution in [0.3, 0.4) is 0 Å². The molecule has 6 aromatic heterocycles. The zero-order valence-electron chi connectivity index (χ0n) is 88.1. The van der Waals surface area contributed by atoms with Crippen molar-refractivity contribution in [3.63, 3.8) is 0 Å². The number of aromatic nitrogens is 12. The molecule has 11 aliphatic rings. The molecular weight excluding hydrogens is 1640 g/mol. The van der Waals surface area contributed by atoms with Gasteiger partial charge in [0.15, 0.2) is 0 Å². The first-order valence-electron chi connectivity index (χ1n) is 55.4. The van der Waals surface area contributed by atoms with Crippen molar-refractivity contribution in [3.05, 3.63) is 105 Å². The molecule has 0 saturated heterocycles. The van der Waals surface area contributed by atoms with Crippen LogP contribution in [0.25, 0.3) is 0 Å². The normalized spacial score (nSPS) is 23.7. The third-order valence-corrected chi connectivity index (χ3v) is 36.0. The van der Waals surface area contributed by atoms with Crippen LogP contribution in [-0.4, -0.2) is 226 Å². The van der Waals surface area contributed by atoms with Crippen LogP contribution in [0.1, 0.15) is 439 Å². The van der Waals surface area contributed by atoms with Crippen LogP contribution in [-0.2, 0) is 53.4 Å². The maximum absolute atomic E-state index is 4.86. The van der Waals surface area contributed by atoms with E-state index < -0.39 is 0 Å². The molecule has 0 atom stereocenters. The Kier molecular flexibility index (Phi) is 43.4. The van der Waals surface area contributed by atoms with Crippen molar-refractivity contribution in [3.8, 4) is 0 Å². The molecule has 0 aliphatic heterocycles. The number of H-pyrrole nitrogens is 4. The summed E-state index contributed by atoms with van der Waals surface area (Å²) in [6.45, 7) is 26.2. The van der Waals surface area contributed by atoms with Crippen LogP contribution in [0.2, 0.25) is 0 Å². The Hall–Kier alpha value is -5.14. The molecule has 8 N–H and O–H groups in total. The van der Waals surface area contributed by atoms with E-state index in [0.717, 1.165) is 143 Å². The van der Waals surface area contributed by atoms with Gasteiger partial charge in [-0.05, 0) is 354 Å². The molecule has 0 bridgehead atoms. The van der Waals surface area contributed by atoms with Gasteiger partial charge >= 0.3 is 0 Å². The van der Waals surface area contributed by atoms with Gasteiger partial charge in [-0.3, -0.25) is 29.8 Å². The van der Waals surface area contributed by atoms with Crippen molar-refractivity contribution >= 4 is 0 Å². The summed E-state index contributed by atoms with van der Waals surface area (Å²) in [6, 6.07) is 0. The molecule has 11 fully saturated rings.